The fraction of sp³-hybridized carbons (Fsp3) is 1.00. The van der Waals surface area contributed by atoms with Gasteiger partial charge in [-0.25, -0.2) is 0 Å². The van der Waals surface area contributed by atoms with Gasteiger partial charge >= 0.3 is 0 Å². The second kappa shape index (κ2) is 4.84. The summed E-state index contributed by atoms with van der Waals surface area (Å²) in [5.74, 6) is 8.81. The van der Waals surface area contributed by atoms with E-state index in [9.17, 15) is 0 Å². The van der Waals surface area contributed by atoms with Crippen LogP contribution in [0.2, 0.25) is 0 Å². The minimum Gasteiger partial charge on any atom is -0.0625 e. The van der Waals surface area contributed by atoms with Crippen LogP contribution in [0, 0.1) is 47.3 Å². The first-order chi connectivity index (χ1) is 8.54. The van der Waals surface area contributed by atoms with E-state index in [4.69, 9.17) is 0 Å². The van der Waals surface area contributed by atoms with E-state index in [2.05, 4.69) is 27.7 Å². The lowest BCUT2D eigenvalue weighted by atomic mass is 9.91. The first kappa shape index (κ1) is 13.0. The van der Waals surface area contributed by atoms with Crippen LogP contribution < -0.4 is 0 Å². The van der Waals surface area contributed by atoms with Gasteiger partial charge in [-0.05, 0) is 85.9 Å². The molecule has 2 unspecified atom stereocenters. The Hall–Kier alpha value is 0. The standard InChI is InChI=1S/2C9H16/c2*1-6(2)7-3-8-5-9(8)4-7/h2*6-9H,3-5H2,1-2H3/t2*7?,8-,9+. The maximum Gasteiger partial charge on any atom is -0.0380 e. The summed E-state index contributed by atoms with van der Waals surface area (Å²) >= 11 is 0. The Labute approximate surface area is 114 Å². The Bertz CT molecular complexity index is 240. The molecule has 0 bridgehead atoms. The fourth-order valence-electron chi connectivity index (χ4n) is 4.61. The van der Waals surface area contributed by atoms with Crippen molar-refractivity contribution in [2.45, 2.75) is 66.2 Å². The number of hydrogen-bond donors (Lipinski definition) is 0. The molecule has 0 aromatic rings. The highest BCUT2D eigenvalue weighted by atomic mass is 14.5. The topological polar surface area (TPSA) is 0 Å². The van der Waals surface area contributed by atoms with E-state index in [0.29, 0.717) is 0 Å². The molecule has 0 radical (unpaired) electrons. The molecule has 6 atom stereocenters. The lowest BCUT2D eigenvalue weighted by molar-refractivity contribution is 0.362. The van der Waals surface area contributed by atoms with Crippen LogP contribution in [0.3, 0.4) is 0 Å². The van der Waals surface area contributed by atoms with Gasteiger partial charge in [0, 0.05) is 0 Å². The number of hydrogen-bond acceptors (Lipinski definition) is 0. The zero-order chi connectivity index (χ0) is 12.9. The van der Waals surface area contributed by atoms with Gasteiger partial charge in [0.25, 0.3) is 0 Å². The fourth-order valence-corrected chi connectivity index (χ4v) is 4.61. The quantitative estimate of drug-likeness (QED) is 0.615. The zero-order valence-corrected chi connectivity index (χ0v) is 12.9. The van der Waals surface area contributed by atoms with Gasteiger partial charge in [-0.15, -0.1) is 0 Å². The van der Waals surface area contributed by atoms with Crippen LogP contribution in [0.25, 0.3) is 0 Å². The molecule has 4 aliphatic rings. The Morgan fingerprint density at radius 2 is 0.778 bits per heavy atom. The van der Waals surface area contributed by atoms with Crippen molar-refractivity contribution in [1.29, 1.82) is 0 Å². The van der Waals surface area contributed by atoms with Crippen molar-refractivity contribution in [3.63, 3.8) is 0 Å². The maximum absolute atomic E-state index is 2.37. The van der Waals surface area contributed by atoms with Crippen LogP contribution in [0.15, 0.2) is 0 Å². The van der Waals surface area contributed by atoms with E-state index in [0.717, 1.165) is 23.7 Å². The molecular weight excluding hydrogens is 216 g/mol. The highest BCUT2D eigenvalue weighted by Crippen LogP contribution is 2.56. The summed E-state index contributed by atoms with van der Waals surface area (Å²) in [6.07, 6.45) is 9.38. The van der Waals surface area contributed by atoms with E-state index in [-0.39, 0.29) is 0 Å². The maximum atomic E-state index is 2.37. The molecule has 4 aliphatic carbocycles. The highest BCUT2D eigenvalue weighted by molar-refractivity contribution is 4.97. The molecule has 104 valence electrons. The van der Waals surface area contributed by atoms with Gasteiger partial charge in [-0.2, -0.15) is 0 Å². The second-order valence-electron chi connectivity index (χ2n) is 8.46. The van der Waals surface area contributed by atoms with Crippen LogP contribution in [0.1, 0.15) is 66.2 Å². The lowest BCUT2D eigenvalue weighted by Crippen LogP contribution is -2.04. The predicted molar refractivity (Wildman–Crippen MR) is 78.3 cm³/mol. The molecule has 0 saturated heterocycles. The van der Waals surface area contributed by atoms with Gasteiger partial charge in [0.1, 0.15) is 0 Å². The van der Waals surface area contributed by atoms with E-state index in [1.54, 1.807) is 38.5 Å². The SMILES string of the molecule is CC(C)C1C[C@@H]2C[C@@H]2C1.CC(C)C1C[C@@H]2C[C@@H]2C1. The Kier molecular flexibility index (Phi) is 3.49. The third kappa shape index (κ3) is 2.78. The van der Waals surface area contributed by atoms with Crippen molar-refractivity contribution in [1.82, 2.24) is 0 Å². The number of fused-ring (bicyclic) bond motifs is 2. The monoisotopic (exact) mass is 248 g/mol. The van der Waals surface area contributed by atoms with Gasteiger partial charge in [0.2, 0.25) is 0 Å². The van der Waals surface area contributed by atoms with Crippen molar-refractivity contribution in [2.75, 3.05) is 0 Å². The zero-order valence-electron chi connectivity index (χ0n) is 12.9. The molecule has 4 fully saturated rings. The van der Waals surface area contributed by atoms with Gasteiger partial charge < -0.3 is 0 Å². The normalized spacial score (nSPS) is 47.7. The van der Waals surface area contributed by atoms with Crippen LogP contribution in [0.5, 0.6) is 0 Å². The van der Waals surface area contributed by atoms with Gasteiger partial charge in [-0.3, -0.25) is 0 Å². The summed E-state index contributed by atoms with van der Waals surface area (Å²) < 4.78 is 0. The molecule has 18 heavy (non-hydrogen) atoms. The van der Waals surface area contributed by atoms with Crippen LogP contribution in [-0.2, 0) is 0 Å². The molecule has 4 rings (SSSR count). The van der Waals surface area contributed by atoms with Gasteiger partial charge in [-0.1, -0.05) is 27.7 Å². The Morgan fingerprint density at radius 1 is 0.500 bits per heavy atom. The van der Waals surface area contributed by atoms with Crippen molar-refractivity contribution in [2.24, 2.45) is 47.3 Å². The highest BCUT2D eigenvalue weighted by Gasteiger charge is 2.46. The largest absolute Gasteiger partial charge is 0.0625 e. The average molecular weight is 248 g/mol. The molecule has 0 heterocycles. The molecule has 4 saturated carbocycles. The lowest BCUT2D eigenvalue weighted by Gasteiger charge is -2.14. The minimum absolute atomic E-state index is 0.956. The Balaban J connectivity index is 0.000000111. The molecule has 0 aliphatic heterocycles. The predicted octanol–water partition coefficient (Wildman–Crippen LogP) is 5.38. The third-order valence-corrected chi connectivity index (χ3v) is 6.45. The van der Waals surface area contributed by atoms with Crippen molar-refractivity contribution < 1.29 is 0 Å². The minimum atomic E-state index is 0.956. The van der Waals surface area contributed by atoms with Crippen LogP contribution in [0.4, 0.5) is 0 Å². The van der Waals surface area contributed by atoms with E-state index in [1.165, 1.54) is 23.7 Å². The molecule has 0 heteroatoms. The molecule has 0 aromatic carbocycles. The number of rotatable bonds is 2. The van der Waals surface area contributed by atoms with E-state index >= 15 is 0 Å². The van der Waals surface area contributed by atoms with Crippen molar-refractivity contribution in [3.05, 3.63) is 0 Å². The molecule has 0 nitrogen and oxygen atoms in total. The van der Waals surface area contributed by atoms with Crippen molar-refractivity contribution >= 4 is 0 Å². The molecular formula is C18H32. The Morgan fingerprint density at radius 3 is 0.944 bits per heavy atom. The summed E-state index contributed by atoms with van der Waals surface area (Å²) in [6, 6.07) is 0. The second-order valence-corrected chi connectivity index (χ2v) is 8.46. The van der Waals surface area contributed by atoms with E-state index in [1.807, 2.05) is 0 Å². The molecule has 0 spiro atoms. The van der Waals surface area contributed by atoms with Crippen LogP contribution >= 0.6 is 0 Å². The summed E-state index contributed by atoms with van der Waals surface area (Å²) in [5.41, 5.74) is 0. The summed E-state index contributed by atoms with van der Waals surface area (Å²) in [6.45, 7) is 9.48. The van der Waals surface area contributed by atoms with Gasteiger partial charge in [0.15, 0.2) is 0 Å². The van der Waals surface area contributed by atoms with E-state index < -0.39 is 0 Å². The molecule has 0 aromatic heterocycles. The smallest absolute Gasteiger partial charge is 0.0380 e. The first-order valence-corrected chi connectivity index (χ1v) is 8.54. The summed E-state index contributed by atoms with van der Waals surface area (Å²) in [5, 5.41) is 0. The first-order valence-electron chi connectivity index (χ1n) is 8.54. The molecule has 0 N–H and O–H groups in total. The van der Waals surface area contributed by atoms with Gasteiger partial charge in [0.05, 0.1) is 0 Å². The van der Waals surface area contributed by atoms with Crippen molar-refractivity contribution in [3.8, 4) is 0 Å². The third-order valence-electron chi connectivity index (χ3n) is 6.45. The summed E-state index contributed by atoms with van der Waals surface area (Å²) in [7, 11) is 0. The summed E-state index contributed by atoms with van der Waals surface area (Å²) in [4.78, 5) is 0. The van der Waals surface area contributed by atoms with Crippen LogP contribution in [-0.4, -0.2) is 0 Å². The molecule has 0 amide bonds. The average Bonchev–Trinajstić information content (AvgIpc) is 3.16.